The van der Waals surface area contributed by atoms with Gasteiger partial charge in [0.15, 0.2) is 0 Å². The number of halogens is 1. The summed E-state index contributed by atoms with van der Waals surface area (Å²) < 4.78 is 0.843. The number of aliphatic carboxylic acids is 1. The number of amides is 2. The van der Waals surface area contributed by atoms with Crippen molar-refractivity contribution in [1.29, 1.82) is 0 Å². The lowest BCUT2D eigenvalue weighted by Gasteiger charge is -2.15. The van der Waals surface area contributed by atoms with E-state index in [4.69, 9.17) is 10.2 Å². The van der Waals surface area contributed by atoms with Gasteiger partial charge in [-0.05, 0) is 24.6 Å². The highest BCUT2D eigenvalue weighted by Gasteiger charge is 2.19. The van der Waals surface area contributed by atoms with Crippen LogP contribution in [0.3, 0.4) is 0 Å². The van der Waals surface area contributed by atoms with Crippen molar-refractivity contribution in [3.8, 4) is 0 Å². The van der Waals surface area contributed by atoms with E-state index in [1.165, 1.54) is 0 Å². The van der Waals surface area contributed by atoms with E-state index in [0.717, 1.165) is 10.0 Å². The van der Waals surface area contributed by atoms with Crippen LogP contribution >= 0.6 is 15.9 Å². The van der Waals surface area contributed by atoms with Gasteiger partial charge in [-0.25, -0.2) is 9.59 Å². The molecule has 2 amide bonds. The molecular weight excluding hydrogens is 316 g/mol. The second-order valence-electron chi connectivity index (χ2n) is 3.91. The average Bonchev–Trinajstić information content (AvgIpc) is 2.34. The predicted molar refractivity (Wildman–Crippen MR) is 74.2 cm³/mol. The molecule has 0 saturated carbocycles. The third kappa shape index (κ3) is 4.53. The topological polar surface area (TPSA) is 98.7 Å². The number of anilines is 1. The molecule has 1 atom stereocenters. The summed E-state index contributed by atoms with van der Waals surface area (Å²) in [5.74, 6) is -1.19. The molecule has 0 aliphatic carbocycles. The number of aliphatic hydroxyl groups excluding tert-OH is 1. The lowest BCUT2D eigenvalue weighted by Crippen LogP contribution is -2.43. The molecule has 1 rings (SSSR count). The molecule has 0 spiro atoms. The van der Waals surface area contributed by atoms with Crippen molar-refractivity contribution in [2.45, 2.75) is 19.4 Å². The van der Waals surface area contributed by atoms with Gasteiger partial charge in [0.2, 0.25) is 0 Å². The summed E-state index contributed by atoms with van der Waals surface area (Å²) in [6.45, 7) is 1.51. The Bertz CT molecular complexity index is 479. The number of nitrogens with one attached hydrogen (secondary N) is 2. The minimum Gasteiger partial charge on any atom is -0.480 e. The summed E-state index contributed by atoms with van der Waals surface area (Å²) in [6.07, 6.45) is -0.0414. The molecule has 1 aromatic carbocycles. The molecule has 0 aliphatic heterocycles. The number of urea groups is 1. The number of carbonyl (C=O) groups excluding carboxylic acids is 1. The van der Waals surface area contributed by atoms with E-state index in [0.29, 0.717) is 5.69 Å². The van der Waals surface area contributed by atoms with E-state index in [9.17, 15) is 9.59 Å². The largest absolute Gasteiger partial charge is 0.480 e. The minimum atomic E-state index is -1.19. The number of rotatable bonds is 5. The van der Waals surface area contributed by atoms with Crippen LogP contribution in [0.15, 0.2) is 22.7 Å². The smallest absolute Gasteiger partial charge is 0.326 e. The normalized spacial score (nSPS) is 11.7. The van der Waals surface area contributed by atoms with E-state index in [1.54, 1.807) is 12.1 Å². The molecule has 0 saturated heterocycles. The van der Waals surface area contributed by atoms with Crippen molar-refractivity contribution in [2.24, 2.45) is 0 Å². The van der Waals surface area contributed by atoms with Crippen LogP contribution in [0, 0.1) is 6.92 Å². The minimum absolute atomic E-state index is 0.0414. The van der Waals surface area contributed by atoms with Crippen LogP contribution in [0.25, 0.3) is 0 Å². The van der Waals surface area contributed by atoms with Crippen molar-refractivity contribution in [3.05, 3.63) is 28.2 Å². The van der Waals surface area contributed by atoms with Crippen molar-refractivity contribution in [1.82, 2.24) is 5.32 Å². The fraction of sp³-hybridized carbons (Fsp3) is 0.333. The number of aliphatic hydroxyl groups is 1. The molecule has 7 heteroatoms. The zero-order chi connectivity index (χ0) is 14.4. The van der Waals surface area contributed by atoms with Gasteiger partial charge in [0, 0.05) is 23.2 Å². The van der Waals surface area contributed by atoms with Gasteiger partial charge < -0.3 is 20.8 Å². The maximum Gasteiger partial charge on any atom is 0.326 e. The number of hydrogen-bond donors (Lipinski definition) is 4. The highest BCUT2D eigenvalue weighted by Crippen LogP contribution is 2.23. The van der Waals surface area contributed by atoms with E-state index >= 15 is 0 Å². The number of hydrogen-bond acceptors (Lipinski definition) is 3. The molecule has 104 valence electrons. The molecular formula is C12H15BrN2O4. The molecule has 0 aromatic heterocycles. The van der Waals surface area contributed by atoms with Crippen LogP contribution in [0.4, 0.5) is 10.5 Å². The van der Waals surface area contributed by atoms with Crippen molar-refractivity contribution in [3.63, 3.8) is 0 Å². The van der Waals surface area contributed by atoms with Crippen LogP contribution in [0.2, 0.25) is 0 Å². The number of benzene rings is 1. The molecule has 1 aromatic rings. The SMILES string of the molecule is Cc1c(Br)cccc1NC(=O)NC(CCO)C(=O)O. The Kier molecular flexibility index (Phi) is 5.78. The van der Waals surface area contributed by atoms with Gasteiger partial charge in [-0.3, -0.25) is 0 Å². The third-order valence-corrected chi connectivity index (χ3v) is 3.40. The first-order chi connectivity index (χ1) is 8.95. The van der Waals surface area contributed by atoms with Crippen LogP contribution in [0.5, 0.6) is 0 Å². The highest BCUT2D eigenvalue weighted by molar-refractivity contribution is 9.10. The molecule has 0 heterocycles. The second-order valence-corrected chi connectivity index (χ2v) is 4.77. The Morgan fingerprint density at radius 2 is 2.11 bits per heavy atom. The van der Waals surface area contributed by atoms with Gasteiger partial charge in [0.25, 0.3) is 0 Å². The molecule has 0 aliphatic rings. The summed E-state index contributed by atoms with van der Waals surface area (Å²) in [7, 11) is 0. The van der Waals surface area contributed by atoms with Gasteiger partial charge in [0.05, 0.1) is 0 Å². The molecule has 0 bridgehead atoms. The van der Waals surface area contributed by atoms with Gasteiger partial charge >= 0.3 is 12.0 Å². The summed E-state index contributed by atoms with van der Waals surface area (Å²) >= 11 is 3.34. The maximum absolute atomic E-state index is 11.7. The third-order valence-electron chi connectivity index (χ3n) is 2.54. The zero-order valence-electron chi connectivity index (χ0n) is 10.3. The monoisotopic (exact) mass is 330 g/mol. The molecule has 19 heavy (non-hydrogen) atoms. The predicted octanol–water partition coefficient (Wildman–Crippen LogP) is 1.71. The van der Waals surface area contributed by atoms with Crippen LogP contribution in [0.1, 0.15) is 12.0 Å². The van der Waals surface area contributed by atoms with Crippen molar-refractivity contribution >= 4 is 33.6 Å². The molecule has 0 fully saturated rings. The Hall–Kier alpha value is -1.60. The van der Waals surface area contributed by atoms with Crippen LogP contribution in [-0.4, -0.2) is 34.9 Å². The van der Waals surface area contributed by atoms with E-state index in [2.05, 4.69) is 26.6 Å². The molecule has 6 nitrogen and oxygen atoms in total. The van der Waals surface area contributed by atoms with Crippen LogP contribution in [-0.2, 0) is 4.79 Å². The van der Waals surface area contributed by atoms with Gasteiger partial charge in [-0.2, -0.15) is 0 Å². The lowest BCUT2D eigenvalue weighted by atomic mass is 10.2. The van der Waals surface area contributed by atoms with Crippen molar-refractivity contribution in [2.75, 3.05) is 11.9 Å². The van der Waals surface area contributed by atoms with Crippen LogP contribution < -0.4 is 10.6 Å². The first kappa shape index (κ1) is 15.5. The highest BCUT2D eigenvalue weighted by atomic mass is 79.9. The quantitative estimate of drug-likeness (QED) is 0.660. The summed E-state index contributed by atoms with van der Waals surface area (Å²) in [6, 6.07) is 3.57. The molecule has 0 radical (unpaired) electrons. The Morgan fingerprint density at radius 1 is 1.42 bits per heavy atom. The standard InChI is InChI=1S/C12H15BrN2O4/c1-7-8(13)3-2-4-9(7)14-12(19)15-10(5-6-16)11(17)18/h2-4,10,16H,5-6H2,1H3,(H,17,18)(H2,14,15,19). The number of carboxylic acid groups (broad SMARTS) is 1. The number of carbonyl (C=O) groups is 2. The Balaban J connectivity index is 2.69. The van der Waals surface area contributed by atoms with Gasteiger partial charge in [-0.15, -0.1) is 0 Å². The average molecular weight is 331 g/mol. The summed E-state index contributed by atoms with van der Waals surface area (Å²) in [5.41, 5.74) is 1.42. The van der Waals surface area contributed by atoms with Gasteiger partial charge in [0.1, 0.15) is 6.04 Å². The Labute approximate surface area is 118 Å². The van der Waals surface area contributed by atoms with Gasteiger partial charge in [-0.1, -0.05) is 22.0 Å². The Morgan fingerprint density at radius 3 is 2.68 bits per heavy atom. The molecule has 1 unspecified atom stereocenters. The summed E-state index contributed by atoms with van der Waals surface area (Å²) in [5, 5.41) is 22.4. The second kappa shape index (κ2) is 7.10. The number of carboxylic acids is 1. The fourth-order valence-corrected chi connectivity index (χ4v) is 1.81. The van der Waals surface area contributed by atoms with E-state index in [-0.39, 0.29) is 13.0 Å². The van der Waals surface area contributed by atoms with E-state index in [1.807, 2.05) is 13.0 Å². The molecule has 4 N–H and O–H groups in total. The fourth-order valence-electron chi connectivity index (χ4n) is 1.45. The first-order valence-corrected chi connectivity index (χ1v) is 6.41. The zero-order valence-corrected chi connectivity index (χ0v) is 11.9. The van der Waals surface area contributed by atoms with Crippen molar-refractivity contribution < 1.29 is 19.8 Å². The maximum atomic E-state index is 11.7. The lowest BCUT2D eigenvalue weighted by molar-refractivity contribution is -0.139. The summed E-state index contributed by atoms with van der Waals surface area (Å²) in [4.78, 5) is 22.5. The first-order valence-electron chi connectivity index (χ1n) is 5.62. The van der Waals surface area contributed by atoms with E-state index < -0.39 is 18.0 Å².